The zero-order chi connectivity index (χ0) is 13.7. The predicted octanol–water partition coefficient (Wildman–Crippen LogP) is 1.74. The number of rotatable bonds is 5. The first-order valence-electron chi connectivity index (χ1n) is 6.85. The summed E-state index contributed by atoms with van der Waals surface area (Å²) in [7, 11) is 1.62. The van der Waals surface area contributed by atoms with Crippen molar-refractivity contribution in [2.45, 2.75) is 25.6 Å². The largest absolute Gasteiger partial charge is 0.497 e. The highest BCUT2D eigenvalue weighted by Crippen LogP contribution is 2.21. The molecule has 0 radical (unpaired) electrons. The molecule has 1 aromatic carbocycles. The Morgan fingerprint density at radius 1 is 1.47 bits per heavy atom. The molecule has 0 saturated carbocycles. The number of methoxy groups -OCH3 is 1. The van der Waals surface area contributed by atoms with E-state index in [-0.39, 0.29) is 6.10 Å². The van der Waals surface area contributed by atoms with E-state index in [0.717, 1.165) is 30.8 Å². The maximum Gasteiger partial charge on any atom is 0.119 e. The molecule has 1 aliphatic rings. The summed E-state index contributed by atoms with van der Waals surface area (Å²) in [5, 5.41) is 13.5. The smallest absolute Gasteiger partial charge is 0.119 e. The maximum atomic E-state index is 10.2. The molecular weight excluding hydrogens is 242 g/mol. The SMILES string of the molecule is COc1cccc(C(O)COC2CNCCC2C)c1. The third-order valence-corrected chi connectivity index (χ3v) is 3.70. The summed E-state index contributed by atoms with van der Waals surface area (Å²) in [6.45, 7) is 4.44. The molecule has 0 bridgehead atoms. The van der Waals surface area contributed by atoms with E-state index in [1.165, 1.54) is 0 Å². The molecule has 106 valence electrons. The van der Waals surface area contributed by atoms with Gasteiger partial charge in [0.05, 0.1) is 19.8 Å². The lowest BCUT2D eigenvalue weighted by atomic mass is 9.97. The number of hydrogen-bond donors (Lipinski definition) is 2. The zero-order valence-corrected chi connectivity index (χ0v) is 11.6. The van der Waals surface area contributed by atoms with E-state index in [1.54, 1.807) is 7.11 Å². The van der Waals surface area contributed by atoms with Crippen LogP contribution in [0.25, 0.3) is 0 Å². The van der Waals surface area contributed by atoms with E-state index < -0.39 is 6.10 Å². The van der Waals surface area contributed by atoms with Crippen molar-refractivity contribution in [1.29, 1.82) is 0 Å². The summed E-state index contributed by atoms with van der Waals surface area (Å²) < 4.78 is 11.0. The Morgan fingerprint density at radius 2 is 2.32 bits per heavy atom. The molecule has 3 atom stereocenters. The molecule has 1 heterocycles. The second kappa shape index (κ2) is 6.89. The Bertz CT molecular complexity index is 397. The van der Waals surface area contributed by atoms with Crippen molar-refractivity contribution in [3.63, 3.8) is 0 Å². The molecule has 2 rings (SSSR count). The molecule has 1 fully saturated rings. The van der Waals surface area contributed by atoms with Gasteiger partial charge in [0.15, 0.2) is 0 Å². The summed E-state index contributed by atoms with van der Waals surface area (Å²) in [6.07, 6.45) is 0.707. The van der Waals surface area contributed by atoms with Crippen molar-refractivity contribution in [2.24, 2.45) is 5.92 Å². The van der Waals surface area contributed by atoms with Gasteiger partial charge in [-0.3, -0.25) is 0 Å². The minimum absolute atomic E-state index is 0.189. The highest BCUT2D eigenvalue weighted by atomic mass is 16.5. The molecule has 19 heavy (non-hydrogen) atoms. The molecule has 3 unspecified atom stereocenters. The zero-order valence-electron chi connectivity index (χ0n) is 11.6. The summed E-state index contributed by atoms with van der Waals surface area (Å²) in [6, 6.07) is 7.47. The Labute approximate surface area is 114 Å². The van der Waals surface area contributed by atoms with Crippen molar-refractivity contribution in [3.05, 3.63) is 29.8 Å². The molecule has 0 aromatic heterocycles. The van der Waals surface area contributed by atoms with Gasteiger partial charge in [-0.25, -0.2) is 0 Å². The molecule has 1 saturated heterocycles. The standard InChI is InChI=1S/C15H23NO3/c1-11-6-7-16-9-15(11)19-10-14(17)12-4-3-5-13(8-12)18-2/h3-5,8,11,14-17H,6-7,9-10H2,1-2H3. The first-order chi connectivity index (χ1) is 9.20. The highest BCUT2D eigenvalue weighted by molar-refractivity contribution is 5.29. The van der Waals surface area contributed by atoms with Crippen LogP contribution >= 0.6 is 0 Å². The lowest BCUT2D eigenvalue weighted by Gasteiger charge is -2.30. The van der Waals surface area contributed by atoms with Gasteiger partial charge in [0.1, 0.15) is 11.9 Å². The third kappa shape index (κ3) is 3.93. The number of aliphatic hydroxyl groups excluding tert-OH is 1. The van der Waals surface area contributed by atoms with Crippen molar-refractivity contribution in [1.82, 2.24) is 5.32 Å². The van der Waals surface area contributed by atoms with Gasteiger partial charge in [-0.05, 0) is 36.6 Å². The van der Waals surface area contributed by atoms with Crippen LogP contribution in [0.3, 0.4) is 0 Å². The molecule has 1 aliphatic heterocycles. The van der Waals surface area contributed by atoms with Crippen LogP contribution in [0.1, 0.15) is 25.0 Å². The van der Waals surface area contributed by atoms with Crippen LogP contribution in [0, 0.1) is 5.92 Å². The van der Waals surface area contributed by atoms with Gasteiger partial charge >= 0.3 is 0 Å². The van der Waals surface area contributed by atoms with Gasteiger partial charge in [-0.1, -0.05) is 19.1 Å². The minimum Gasteiger partial charge on any atom is -0.497 e. The first kappa shape index (κ1) is 14.3. The minimum atomic E-state index is -0.607. The van der Waals surface area contributed by atoms with Crippen LogP contribution < -0.4 is 10.1 Å². The van der Waals surface area contributed by atoms with Crippen LogP contribution in [0.4, 0.5) is 0 Å². The Kier molecular flexibility index (Phi) is 5.19. The van der Waals surface area contributed by atoms with Crippen molar-refractivity contribution in [2.75, 3.05) is 26.8 Å². The highest BCUT2D eigenvalue weighted by Gasteiger charge is 2.22. The van der Waals surface area contributed by atoms with Gasteiger partial charge < -0.3 is 19.9 Å². The van der Waals surface area contributed by atoms with Gasteiger partial charge in [-0.15, -0.1) is 0 Å². The van der Waals surface area contributed by atoms with E-state index in [9.17, 15) is 5.11 Å². The lowest BCUT2D eigenvalue weighted by molar-refractivity contribution is -0.0402. The lowest BCUT2D eigenvalue weighted by Crippen LogP contribution is -2.41. The van der Waals surface area contributed by atoms with Gasteiger partial charge in [0.2, 0.25) is 0 Å². The second-order valence-electron chi connectivity index (χ2n) is 5.13. The van der Waals surface area contributed by atoms with Crippen LogP contribution in [0.15, 0.2) is 24.3 Å². The normalized spacial score (nSPS) is 25.0. The fourth-order valence-electron chi connectivity index (χ4n) is 2.34. The van der Waals surface area contributed by atoms with Crippen molar-refractivity contribution >= 4 is 0 Å². The Hall–Kier alpha value is -1.10. The number of aliphatic hydroxyl groups is 1. The van der Waals surface area contributed by atoms with Gasteiger partial charge in [0, 0.05) is 6.54 Å². The van der Waals surface area contributed by atoms with E-state index in [2.05, 4.69) is 12.2 Å². The molecule has 4 nitrogen and oxygen atoms in total. The molecule has 0 aliphatic carbocycles. The average Bonchev–Trinajstić information content (AvgIpc) is 2.46. The molecule has 0 amide bonds. The Balaban J connectivity index is 1.87. The van der Waals surface area contributed by atoms with E-state index in [4.69, 9.17) is 9.47 Å². The topological polar surface area (TPSA) is 50.7 Å². The molecule has 2 N–H and O–H groups in total. The van der Waals surface area contributed by atoms with Crippen LogP contribution in [-0.2, 0) is 4.74 Å². The average molecular weight is 265 g/mol. The fourth-order valence-corrected chi connectivity index (χ4v) is 2.34. The molecule has 1 aromatic rings. The van der Waals surface area contributed by atoms with E-state index in [0.29, 0.717) is 12.5 Å². The van der Waals surface area contributed by atoms with E-state index >= 15 is 0 Å². The summed E-state index contributed by atoms with van der Waals surface area (Å²) in [5.74, 6) is 1.29. The van der Waals surface area contributed by atoms with Gasteiger partial charge in [-0.2, -0.15) is 0 Å². The summed E-state index contributed by atoms with van der Waals surface area (Å²) in [4.78, 5) is 0. The number of ether oxygens (including phenoxy) is 2. The first-order valence-corrected chi connectivity index (χ1v) is 6.85. The molecular formula is C15H23NO3. The second-order valence-corrected chi connectivity index (χ2v) is 5.13. The fraction of sp³-hybridized carbons (Fsp3) is 0.600. The van der Waals surface area contributed by atoms with E-state index in [1.807, 2.05) is 24.3 Å². The summed E-state index contributed by atoms with van der Waals surface area (Å²) >= 11 is 0. The van der Waals surface area contributed by atoms with Crippen LogP contribution in [0.2, 0.25) is 0 Å². The number of hydrogen-bond acceptors (Lipinski definition) is 4. The number of benzene rings is 1. The number of nitrogens with one attached hydrogen (secondary N) is 1. The van der Waals surface area contributed by atoms with Crippen LogP contribution in [-0.4, -0.2) is 38.0 Å². The Morgan fingerprint density at radius 3 is 3.05 bits per heavy atom. The van der Waals surface area contributed by atoms with Gasteiger partial charge in [0.25, 0.3) is 0 Å². The quantitative estimate of drug-likeness (QED) is 0.851. The molecule has 0 spiro atoms. The monoisotopic (exact) mass is 265 g/mol. The predicted molar refractivity (Wildman–Crippen MR) is 74.3 cm³/mol. The van der Waals surface area contributed by atoms with Crippen LogP contribution in [0.5, 0.6) is 5.75 Å². The summed E-state index contributed by atoms with van der Waals surface area (Å²) in [5.41, 5.74) is 0.829. The molecule has 4 heteroatoms. The number of piperidine rings is 1. The van der Waals surface area contributed by atoms with Crippen molar-refractivity contribution in [3.8, 4) is 5.75 Å². The maximum absolute atomic E-state index is 10.2. The third-order valence-electron chi connectivity index (χ3n) is 3.70. The van der Waals surface area contributed by atoms with Crippen molar-refractivity contribution < 1.29 is 14.6 Å².